The van der Waals surface area contributed by atoms with Gasteiger partial charge in [0.15, 0.2) is 0 Å². The minimum atomic E-state index is -0.702. The quantitative estimate of drug-likeness (QED) is 0.735. The molecule has 4 heteroatoms. The highest BCUT2D eigenvalue weighted by molar-refractivity contribution is 8.00. The monoisotopic (exact) mass is 198 g/mol. The number of imidazole rings is 1. The van der Waals surface area contributed by atoms with Crippen molar-refractivity contribution >= 4 is 11.8 Å². The van der Waals surface area contributed by atoms with E-state index in [1.807, 2.05) is 29.6 Å². The third kappa shape index (κ3) is 1.38. The van der Waals surface area contributed by atoms with Gasteiger partial charge in [-0.1, -0.05) is 6.92 Å². The van der Waals surface area contributed by atoms with Crippen molar-refractivity contribution in [3.8, 4) is 0 Å². The molecule has 13 heavy (non-hydrogen) atoms. The van der Waals surface area contributed by atoms with Crippen LogP contribution >= 0.6 is 11.8 Å². The minimum absolute atomic E-state index is 0.252. The molecule has 2 unspecified atom stereocenters. The van der Waals surface area contributed by atoms with Gasteiger partial charge in [0.2, 0.25) is 0 Å². The van der Waals surface area contributed by atoms with Gasteiger partial charge in [-0.05, 0) is 12.2 Å². The summed E-state index contributed by atoms with van der Waals surface area (Å²) in [6.07, 6.45) is 4.46. The number of rotatable bonds is 1. The number of thioether (sulfide) groups is 1. The second-order valence-electron chi connectivity index (χ2n) is 3.61. The number of aromatic nitrogens is 2. The van der Waals surface area contributed by atoms with Crippen LogP contribution in [0.3, 0.4) is 0 Å². The molecule has 2 heterocycles. The van der Waals surface area contributed by atoms with Crippen LogP contribution in [0.1, 0.15) is 19.0 Å². The summed E-state index contributed by atoms with van der Waals surface area (Å²) in [6, 6.07) is 0. The van der Waals surface area contributed by atoms with Crippen molar-refractivity contribution in [2.45, 2.75) is 24.2 Å². The summed E-state index contributed by atoms with van der Waals surface area (Å²) >= 11 is 1.81. The van der Waals surface area contributed by atoms with Crippen molar-refractivity contribution in [2.24, 2.45) is 7.05 Å². The predicted molar refractivity (Wildman–Crippen MR) is 53.6 cm³/mol. The third-order valence-electron chi connectivity index (χ3n) is 2.67. The van der Waals surface area contributed by atoms with Gasteiger partial charge in [0.25, 0.3) is 0 Å². The van der Waals surface area contributed by atoms with Gasteiger partial charge in [0.05, 0.1) is 12.0 Å². The molecule has 0 saturated carbocycles. The van der Waals surface area contributed by atoms with E-state index < -0.39 is 5.60 Å². The van der Waals surface area contributed by atoms with Crippen molar-refractivity contribution in [3.63, 3.8) is 0 Å². The first-order chi connectivity index (χ1) is 6.13. The SMILES string of the molecule is CC1SCCC1(O)c1cn(C)cn1. The molecule has 1 aliphatic heterocycles. The van der Waals surface area contributed by atoms with Crippen LogP contribution in [0.2, 0.25) is 0 Å². The Morgan fingerprint density at radius 2 is 2.54 bits per heavy atom. The molecule has 0 bridgehead atoms. The zero-order chi connectivity index (χ0) is 9.47. The second kappa shape index (κ2) is 3.03. The maximum Gasteiger partial charge on any atom is 0.120 e. The molecular formula is C9H14N2OS. The minimum Gasteiger partial charge on any atom is -0.382 e. The lowest BCUT2D eigenvalue weighted by molar-refractivity contribution is 0.0386. The van der Waals surface area contributed by atoms with Crippen LogP contribution in [0.4, 0.5) is 0 Å². The van der Waals surface area contributed by atoms with Crippen LogP contribution < -0.4 is 0 Å². The first-order valence-electron chi connectivity index (χ1n) is 4.45. The van der Waals surface area contributed by atoms with Crippen molar-refractivity contribution in [1.29, 1.82) is 0 Å². The molecule has 2 rings (SSSR count). The Balaban J connectivity index is 2.33. The van der Waals surface area contributed by atoms with Gasteiger partial charge in [0.1, 0.15) is 5.60 Å². The van der Waals surface area contributed by atoms with Gasteiger partial charge in [-0.15, -0.1) is 0 Å². The lowest BCUT2D eigenvalue weighted by Crippen LogP contribution is -2.31. The molecule has 1 aliphatic rings. The Kier molecular flexibility index (Phi) is 2.12. The Bertz CT molecular complexity index is 312. The molecule has 0 radical (unpaired) electrons. The van der Waals surface area contributed by atoms with Crippen LogP contribution in [0.15, 0.2) is 12.5 Å². The highest BCUT2D eigenvalue weighted by atomic mass is 32.2. The van der Waals surface area contributed by atoms with E-state index in [0.717, 1.165) is 17.9 Å². The highest BCUT2D eigenvalue weighted by Gasteiger charge is 2.42. The summed E-state index contributed by atoms with van der Waals surface area (Å²) in [5.74, 6) is 1.02. The third-order valence-corrected chi connectivity index (χ3v) is 4.00. The van der Waals surface area contributed by atoms with Crippen molar-refractivity contribution in [1.82, 2.24) is 9.55 Å². The fraction of sp³-hybridized carbons (Fsp3) is 0.667. The Hall–Kier alpha value is -0.480. The zero-order valence-corrected chi connectivity index (χ0v) is 8.71. The summed E-state index contributed by atoms with van der Waals surface area (Å²) in [6.45, 7) is 2.06. The maximum absolute atomic E-state index is 10.3. The lowest BCUT2D eigenvalue weighted by atomic mass is 9.94. The molecule has 72 valence electrons. The molecule has 0 aromatic carbocycles. The summed E-state index contributed by atoms with van der Waals surface area (Å²) in [4.78, 5) is 4.22. The first kappa shape index (κ1) is 9.09. The van der Waals surface area contributed by atoms with Crippen molar-refractivity contribution in [2.75, 3.05) is 5.75 Å². The van der Waals surface area contributed by atoms with Gasteiger partial charge in [0, 0.05) is 18.5 Å². The van der Waals surface area contributed by atoms with E-state index in [4.69, 9.17) is 0 Å². The number of aliphatic hydroxyl groups is 1. The normalized spacial score (nSPS) is 33.9. The molecule has 0 spiro atoms. The number of hydrogen-bond donors (Lipinski definition) is 1. The van der Waals surface area contributed by atoms with E-state index in [1.54, 1.807) is 6.33 Å². The number of aryl methyl sites for hydroxylation is 1. The first-order valence-corrected chi connectivity index (χ1v) is 5.50. The predicted octanol–water partition coefficient (Wildman–Crippen LogP) is 1.13. The highest BCUT2D eigenvalue weighted by Crippen LogP contribution is 2.42. The molecular weight excluding hydrogens is 184 g/mol. The summed E-state index contributed by atoms with van der Waals surface area (Å²) in [5.41, 5.74) is 0.110. The molecule has 1 aromatic heterocycles. The molecule has 0 aliphatic carbocycles. The van der Waals surface area contributed by atoms with E-state index in [0.29, 0.717) is 0 Å². The van der Waals surface area contributed by atoms with Crippen molar-refractivity contribution in [3.05, 3.63) is 18.2 Å². The number of nitrogens with zero attached hydrogens (tertiary/aromatic N) is 2. The fourth-order valence-electron chi connectivity index (χ4n) is 1.71. The molecule has 1 aromatic rings. The maximum atomic E-state index is 10.3. The van der Waals surface area contributed by atoms with Crippen LogP contribution in [-0.4, -0.2) is 25.7 Å². The largest absolute Gasteiger partial charge is 0.382 e. The smallest absolute Gasteiger partial charge is 0.120 e. The molecule has 1 fully saturated rings. The van der Waals surface area contributed by atoms with Gasteiger partial charge < -0.3 is 9.67 Å². The average molecular weight is 198 g/mol. The van der Waals surface area contributed by atoms with E-state index in [1.165, 1.54) is 0 Å². The Morgan fingerprint density at radius 3 is 3.00 bits per heavy atom. The van der Waals surface area contributed by atoms with E-state index in [9.17, 15) is 5.11 Å². The lowest BCUT2D eigenvalue weighted by Gasteiger charge is -2.24. The van der Waals surface area contributed by atoms with E-state index >= 15 is 0 Å². The molecule has 1 N–H and O–H groups in total. The second-order valence-corrected chi connectivity index (χ2v) is 5.06. The Labute approximate surface area is 82.2 Å². The molecule has 3 nitrogen and oxygen atoms in total. The Morgan fingerprint density at radius 1 is 1.77 bits per heavy atom. The standard InChI is InChI=1S/C9H14N2OS/c1-7-9(12,3-4-13-7)8-5-11(2)6-10-8/h5-7,12H,3-4H2,1-2H3. The van der Waals surface area contributed by atoms with Crippen LogP contribution in [0.25, 0.3) is 0 Å². The topological polar surface area (TPSA) is 38.0 Å². The fourth-order valence-corrected chi connectivity index (χ4v) is 3.00. The number of hydrogen-bond acceptors (Lipinski definition) is 3. The summed E-state index contributed by atoms with van der Waals surface area (Å²) in [5, 5.41) is 10.6. The van der Waals surface area contributed by atoms with Crippen molar-refractivity contribution < 1.29 is 5.11 Å². The molecule has 1 saturated heterocycles. The molecule has 2 atom stereocenters. The zero-order valence-electron chi connectivity index (χ0n) is 7.90. The van der Waals surface area contributed by atoms with Gasteiger partial charge in [-0.2, -0.15) is 11.8 Å². The van der Waals surface area contributed by atoms with Gasteiger partial charge >= 0.3 is 0 Å². The van der Waals surface area contributed by atoms with E-state index in [2.05, 4.69) is 11.9 Å². The van der Waals surface area contributed by atoms with Crippen LogP contribution in [-0.2, 0) is 12.6 Å². The van der Waals surface area contributed by atoms with E-state index in [-0.39, 0.29) is 5.25 Å². The van der Waals surface area contributed by atoms with Crippen LogP contribution in [0.5, 0.6) is 0 Å². The average Bonchev–Trinajstić information content (AvgIpc) is 2.62. The summed E-state index contributed by atoms with van der Waals surface area (Å²) in [7, 11) is 1.92. The molecule has 0 amide bonds. The van der Waals surface area contributed by atoms with Gasteiger partial charge in [-0.3, -0.25) is 0 Å². The van der Waals surface area contributed by atoms with Gasteiger partial charge in [-0.25, -0.2) is 4.98 Å². The van der Waals surface area contributed by atoms with Crippen LogP contribution in [0, 0.1) is 0 Å². The summed E-state index contributed by atoms with van der Waals surface area (Å²) < 4.78 is 1.88.